The van der Waals surface area contributed by atoms with Gasteiger partial charge in [-0.25, -0.2) is 5.48 Å². The molecular formula is C16H28N2O3. The molecule has 120 valence electrons. The molecule has 2 amide bonds. The fourth-order valence-electron chi connectivity index (χ4n) is 3.76. The van der Waals surface area contributed by atoms with Crippen molar-refractivity contribution in [2.45, 2.75) is 71.3 Å². The van der Waals surface area contributed by atoms with Crippen LogP contribution in [0.2, 0.25) is 0 Å². The molecule has 1 heterocycles. The van der Waals surface area contributed by atoms with Crippen LogP contribution in [0, 0.1) is 11.3 Å². The van der Waals surface area contributed by atoms with Crippen LogP contribution in [0.1, 0.15) is 65.2 Å². The Bertz CT molecular complexity index is 393. The molecule has 5 heteroatoms. The normalized spacial score (nSPS) is 28.7. The van der Waals surface area contributed by atoms with Gasteiger partial charge in [0, 0.05) is 12.0 Å². The molecule has 2 aliphatic rings. The Balaban J connectivity index is 1.90. The van der Waals surface area contributed by atoms with Gasteiger partial charge < -0.3 is 4.90 Å². The van der Waals surface area contributed by atoms with Gasteiger partial charge in [-0.15, -0.1) is 0 Å². The number of hydrogen-bond acceptors (Lipinski definition) is 3. The molecule has 1 saturated heterocycles. The van der Waals surface area contributed by atoms with E-state index in [1.807, 2.05) is 6.92 Å². The number of rotatable bonds is 5. The van der Waals surface area contributed by atoms with Crippen LogP contribution < -0.4 is 5.48 Å². The van der Waals surface area contributed by atoms with Gasteiger partial charge in [-0.1, -0.05) is 39.0 Å². The van der Waals surface area contributed by atoms with Gasteiger partial charge in [-0.3, -0.25) is 14.8 Å². The van der Waals surface area contributed by atoms with Crippen molar-refractivity contribution in [2.24, 2.45) is 11.3 Å². The van der Waals surface area contributed by atoms with E-state index in [0.717, 1.165) is 25.2 Å². The van der Waals surface area contributed by atoms with E-state index >= 15 is 0 Å². The van der Waals surface area contributed by atoms with Crippen LogP contribution in [0.25, 0.3) is 0 Å². The lowest BCUT2D eigenvalue weighted by Gasteiger charge is -2.29. The van der Waals surface area contributed by atoms with Crippen LogP contribution in [0.4, 0.5) is 0 Å². The maximum absolute atomic E-state index is 12.6. The Morgan fingerprint density at radius 2 is 2.10 bits per heavy atom. The van der Waals surface area contributed by atoms with E-state index in [-0.39, 0.29) is 11.3 Å². The zero-order valence-corrected chi connectivity index (χ0v) is 13.2. The van der Waals surface area contributed by atoms with Crippen molar-refractivity contribution in [3.05, 3.63) is 0 Å². The highest BCUT2D eigenvalue weighted by Gasteiger charge is 2.45. The standard InChI is InChI=1S/C16H28N2O3/c1-12(14(19)17-21)18-11-10-16(2,15(18)20)9-8-13-6-4-3-5-7-13/h12-13,21H,3-11H2,1-2H3,(H,17,19). The number of carbonyl (C=O) groups is 2. The third kappa shape index (κ3) is 3.57. The molecule has 5 nitrogen and oxygen atoms in total. The summed E-state index contributed by atoms with van der Waals surface area (Å²) in [6, 6.07) is -0.598. The average Bonchev–Trinajstić information content (AvgIpc) is 2.81. The first kappa shape index (κ1) is 16.3. The molecule has 0 aromatic rings. The van der Waals surface area contributed by atoms with Gasteiger partial charge in [0.1, 0.15) is 6.04 Å². The summed E-state index contributed by atoms with van der Waals surface area (Å²) in [5, 5.41) is 8.72. The predicted octanol–water partition coefficient (Wildman–Crippen LogP) is 2.48. The number of nitrogens with zero attached hydrogens (tertiary/aromatic N) is 1. The van der Waals surface area contributed by atoms with Crippen molar-refractivity contribution < 1.29 is 14.8 Å². The molecule has 1 aliphatic heterocycles. The Morgan fingerprint density at radius 1 is 1.43 bits per heavy atom. The van der Waals surface area contributed by atoms with Gasteiger partial charge in [0.2, 0.25) is 5.91 Å². The Labute approximate surface area is 127 Å². The first-order chi connectivity index (χ1) is 9.98. The fraction of sp³-hybridized carbons (Fsp3) is 0.875. The molecule has 2 fully saturated rings. The van der Waals surface area contributed by atoms with Gasteiger partial charge in [0.25, 0.3) is 5.91 Å². The summed E-state index contributed by atoms with van der Waals surface area (Å²) in [5.74, 6) is 0.324. The maximum atomic E-state index is 12.6. The minimum atomic E-state index is -0.598. The lowest BCUT2D eigenvalue weighted by atomic mass is 9.78. The van der Waals surface area contributed by atoms with E-state index < -0.39 is 11.9 Å². The quantitative estimate of drug-likeness (QED) is 0.605. The SMILES string of the molecule is CC(C(=O)NO)N1CCC(C)(CCC2CCCCC2)C1=O. The maximum Gasteiger partial charge on any atom is 0.265 e. The highest BCUT2D eigenvalue weighted by molar-refractivity contribution is 5.90. The summed E-state index contributed by atoms with van der Waals surface area (Å²) < 4.78 is 0. The van der Waals surface area contributed by atoms with Gasteiger partial charge >= 0.3 is 0 Å². The first-order valence-corrected chi connectivity index (χ1v) is 8.23. The van der Waals surface area contributed by atoms with Crippen molar-refractivity contribution in [3.63, 3.8) is 0 Å². The summed E-state index contributed by atoms with van der Waals surface area (Å²) in [6.45, 7) is 4.30. The van der Waals surface area contributed by atoms with Crippen LogP contribution in [0.3, 0.4) is 0 Å². The molecule has 1 aliphatic carbocycles. The molecule has 0 aromatic carbocycles. The molecular weight excluding hydrogens is 268 g/mol. The molecule has 0 aromatic heterocycles. The zero-order valence-electron chi connectivity index (χ0n) is 13.2. The topological polar surface area (TPSA) is 69.6 Å². The lowest BCUT2D eigenvalue weighted by molar-refractivity contribution is -0.145. The summed E-state index contributed by atoms with van der Waals surface area (Å²) in [4.78, 5) is 25.7. The molecule has 0 spiro atoms. The second-order valence-corrected chi connectivity index (χ2v) is 7.00. The minimum Gasteiger partial charge on any atom is -0.330 e. The van der Waals surface area contributed by atoms with E-state index in [4.69, 9.17) is 5.21 Å². The minimum absolute atomic E-state index is 0.0643. The first-order valence-electron chi connectivity index (χ1n) is 8.23. The summed E-state index contributed by atoms with van der Waals surface area (Å²) in [6.07, 6.45) is 9.46. The van der Waals surface area contributed by atoms with E-state index in [0.29, 0.717) is 6.54 Å². The number of carbonyl (C=O) groups excluding carboxylic acids is 2. The van der Waals surface area contributed by atoms with Crippen molar-refractivity contribution in [1.29, 1.82) is 0 Å². The number of nitrogens with one attached hydrogen (secondary N) is 1. The zero-order chi connectivity index (χ0) is 15.5. The molecule has 2 N–H and O–H groups in total. The molecule has 0 radical (unpaired) electrons. The largest absolute Gasteiger partial charge is 0.330 e. The second kappa shape index (κ2) is 6.77. The number of likely N-dealkylation sites (tertiary alicyclic amines) is 1. The third-order valence-corrected chi connectivity index (χ3v) is 5.47. The van der Waals surface area contributed by atoms with Gasteiger partial charge in [-0.05, 0) is 32.1 Å². The Hall–Kier alpha value is -1.10. The summed E-state index contributed by atoms with van der Waals surface area (Å²) >= 11 is 0. The monoisotopic (exact) mass is 296 g/mol. The van der Waals surface area contributed by atoms with Crippen molar-refractivity contribution in [2.75, 3.05) is 6.54 Å². The highest BCUT2D eigenvalue weighted by Crippen LogP contribution is 2.39. The van der Waals surface area contributed by atoms with Crippen molar-refractivity contribution in [1.82, 2.24) is 10.4 Å². The van der Waals surface area contributed by atoms with E-state index in [1.54, 1.807) is 17.3 Å². The number of hydrogen-bond donors (Lipinski definition) is 2. The molecule has 2 unspecified atom stereocenters. The van der Waals surface area contributed by atoms with Crippen LogP contribution in [-0.4, -0.2) is 34.5 Å². The number of hydroxylamine groups is 1. The fourth-order valence-corrected chi connectivity index (χ4v) is 3.76. The summed E-state index contributed by atoms with van der Waals surface area (Å²) in [5.41, 5.74) is 1.31. The number of amides is 2. The van der Waals surface area contributed by atoms with Crippen molar-refractivity contribution >= 4 is 11.8 Å². The summed E-state index contributed by atoms with van der Waals surface area (Å²) in [7, 11) is 0. The van der Waals surface area contributed by atoms with Crippen LogP contribution in [0.5, 0.6) is 0 Å². The third-order valence-electron chi connectivity index (χ3n) is 5.47. The van der Waals surface area contributed by atoms with Crippen LogP contribution >= 0.6 is 0 Å². The van der Waals surface area contributed by atoms with E-state index in [9.17, 15) is 9.59 Å². The highest BCUT2D eigenvalue weighted by atomic mass is 16.5. The lowest BCUT2D eigenvalue weighted by Crippen LogP contribution is -2.46. The van der Waals surface area contributed by atoms with Gasteiger partial charge in [-0.2, -0.15) is 0 Å². The van der Waals surface area contributed by atoms with Crippen molar-refractivity contribution in [3.8, 4) is 0 Å². The van der Waals surface area contributed by atoms with E-state index in [2.05, 4.69) is 0 Å². The molecule has 2 atom stereocenters. The molecule has 2 rings (SSSR count). The van der Waals surface area contributed by atoms with E-state index in [1.165, 1.54) is 32.1 Å². The van der Waals surface area contributed by atoms with Gasteiger partial charge in [0.05, 0.1) is 0 Å². The molecule has 0 bridgehead atoms. The molecule has 1 saturated carbocycles. The molecule has 21 heavy (non-hydrogen) atoms. The average molecular weight is 296 g/mol. The van der Waals surface area contributed by atoms with Crippen LogP contribution in [-0.2, 0) is 9.59 Å². The predicted molar refractivity (Wildman–Crippen MR) is 79.6 cm³/mol. The van der Waals surface area contributed by atoms with Gasteiger partial charge in [0.15, 0.2) is 0 Å². The second-order valence-electron chi connectivity index (χ2n) is 7.00. The Kier molecular flexibility index (Phi) is 5.25. The Morgan fingerprint density at radius 3 is 2.71 bits per heavy atom. The van der Waals surface area contributed by atoms with Crippen LogP contribution in [0.15, 0.2) is 0 Å². The smallest absolute Gasteiger partial charge is 0.265 e.